The van der Waals surface area contributed by atoms with Crippen LogP contribution in [0.25, 0.3) is 0 Å². The lowest BCUT2D eigenvalue weighted by Gasteiger charge is -2.21. The molecule has 0 aliphatic rings. The molecule has 0 saturated carbocycles. The fraction of sp³-hybridized carbons (Fsp3) is 0.870. The number of hydrogen-bond donors (Lipinski definition) is 2. The number of ether oxygens (including phenoxy) is 1. The number of amides is 1. The van der Waals surface area contributed by atoms with Crippen molar-refractivity contribution < 1.29 is 14.6 Å². The van der Waals surface area contributed by atoms with Gasteiger partial charge >= 0.3 is 6.09 Å². The zero-order valence-electron chi connectivity index (χ0n) is 18.4. The number of unbranched alkanes of at least 4 members (excludes halogenated alkanes) is 12. The Balaban J connectivity index is 3.55. The van der Waals surface area contributed by atoms with Crippen molar-refractivity contribution in [3.8, 4) is 0 Å². The molecule has 27 heavy (non-hydrogen) atoms. The van der Waals surface area contributed by atoms with Gasteiger partial charge in [0, 0.05) is 0 Å². The van der Waals surface area contributed by atoms with E-state index < -0.39 is 11.7 Å². The predicted octanol–water partition coefficient (Wildman–Crippen LogP) is 6.52. The molecule has 0 saturated heterocycles. The summed E-state index contributed by atoms with van der Waals surface area (Å²) < 4.78 is 5.20. The van der Waals surface area contributed by atoms with Crippen LogP contribution in [0, 0.1) is 0 Å². The van der Waals surface area contributed by atoms with Crippen LogP contribution in [0.1, 0.15) is 111 Å². The summed E-state index contributed by atoms with van der Waals surface area (Å²) in [5.41, 5.74) is -0.525. The molecule has 0 aromatic heterocycles. The molecule has 160 valence electrons. The van der Waals surface area contributed by atoms with E-state index in [-0.39, 0.29) is 12.6 Å². The van der Waals surface area contributed by atoms with Gasteiger partial charge in [0.15, 0.2) is 0 Å². The molecule has 2 N–H and O–H groups in total. The second-order valence-electron chi connectivity index (χ2n) is 8.54. The molecule has 0 radical (unpaired) electrons. The Morgan fingerprint density at radius 3 is 1.85 bits per heavy atom. The molecule has 4 nitrogen and oxygen atoms in total. The Morgan fingerprint density at radius 2 is 1.41 bits per heavy atom. The van der Waals surface area contributed by atoms with Crippen molar-refractivity contribution in [3.05, 3.63) is 12.2 Å². The van der Waals surface area contributed by atoms with Crippen LogP contribution in [0.2, 0.25) is 0 Å². The number of rotatable bonds is 16. The lowest BCUT2D eigenvalue weighted by Crippen LogP contribution is -2.39. The molecule has 0 aromatic carbocycles. The molecule has 0 bridgehead atoms. The second-order valence-corrected chi connectivity index (χ2v) is 8.54. The minimum Gasteiger partial charge on any atom is -0.444 e. The average Bonchev–Trinajstić information content (AvgIpc) is 2.59. The molecular formula is C23H45NO3. The van der Waals surface area contributed by atoms with Gasteiger partial charge in [-0.2, -0.15) is 0 Å². The Bertz CT molecular complexity index is 374. The third-order valence-corrected chi connectivity index (χ3v) is 4.49. The first-order valence-electron chi connectivity index (χ1n) is 11.2. The molecule has 0 rings (SSSR count). The first kappa shape index (κ1) is 26.0. The van der Waals surface area contributed by atoms with Crippen LogP contribution in [0.15, 0.2) is 12.2 Å². The number of aliphatic hydroxyl groups excluding tert-OH is 1. The Morgan fingerprint density at radius 1 is 0.926 bits per heavy atom. The summed E-state index contributed by atoms with van der Waals surface area (Å²) in [4.78, 5) is 11.7. The van der Waals surface area contributed by atoms with Gasteiger partial charge in [0.25, 0.3) is 0 Å². The largest absolute Gasteiger partial charge is 0.444 e. The molecule has 0 aliphatic carbocycles. The van der Waals surface area contributed by atoms with Gasteiger partial charge in [0.1, 0.15) is 5.60 Å². The topological polar surface area (TPSA) is 58.6 Å². The molecule has 0 aromatic rings. The summed E-state index contributed by atoms with van der Waals surface area (Å²) in [6.45, 7) is 7.62. The highest BCUT2D eigenvalue weighted by Crippen LogP contribution is 2.12. The van der Waals surface area contributed by atoms with E-state index in [0.717, 1.165) is 12.8 Å². The number of carbonyl (C=O) groups is 1. The summed E-state index contributed by atoms with van der Waals surface area (Å²) in [5.74, 6) is 0. The van der Waals surface area contributed by atoms with Crippen molar-refractivity contribution >= 4 is 6.09 Å². The molecule has 1 amide bonds. The predicted molar refractivity (Wildman–Crippen MR) is 115 cm³/mol. The van der Waals surface area contributed by atoms with Gasteiger partial charge in [-0.3, -0.25) is 0 Å². The summed E-state index contributed by atoms with van der Waals surface area (Å²) in [6.07, 6.45) is 20.6. The van der Waals surface area contributed by atoms with Gasteiger partial charge in [0.2, 0.25) is 0 Å². The van der Waals surface area contributed by atoms with Crippen molar-refractivity contribution in [2.24, 2.45) is 0 Å². The minimum atomic E-state index is -0.525. The molecule has 0 spiro atoms. The van der Waals surface area contributed by atoms with Crippen LogP contribution in [0.3, 0.4) is 0 Å². The Kier molecular flexibility index (Phi) is 16.4. The van der Waals surface area contributed by atoms with Crippen LogP contribution < -0.4 is 5.32 Å². The van der Waals surface area contributed by atoms with Crippen molar-refractivity contribution in [3.63, 3.8) is 0 Å². The van der Waals surface area contributed by atoms with E-state index in [0.29, 0.717) is 0 Å². The maximum absolute atomic E-state index is 11.7. The second kappa shape index (κ2) is 17.1. The zero-order valence-corrected chi connectivity index (χ0v) is 18.4. The summed E-state index contributed by atoms with van der Waals surface area (Å²) in [7, 11) is 0. The molecule has 0 unspecified atom stereocenters. The third kappa shape index (κ3) is 19.5. The van der Waals surface area contributed by atoms with Gasteiger partial charge in [-0.25, -0.2) is 4.79 Å². The zero-order chi connectivity index (χ0) is 20.4. The monoisotopic (exact) mass is 383 g/mol. The van der Waals surface area contributed by atoms with E-state index >= 15 is 0 Å². The van der Waals surface area contributed by atoms with Crippen LogP contribution in [-0.4, -0.2) is 29.4 Å². The van der Waals surface area contributed by atoms with Gasteiger partial charge < -0.3 is 15.2 Å². The highest BCUT2D eigenvalue weighted by Gasteiger charge is 2.17. The lowest BCUT2D eigenvalue weighted by atomic mass is 10.0. The highest BCUT2D eigenvalue weighted by molar-refractivity contribution is 5.68. The van der Waals surface area contributed by atoms with Crippen LogP contribution in [0.5, 0.6) is 0 Å². The van der Waals surface area contributed by atoms with Crippen molar-refractivity contribution in [2.45, 2.75) is 123 Å². The fourth-order valence-corrected chi connectivity index (χ4v) is 2.98. The van der Waals surface area contributed by atoms with Gasteiger partial charge in [-0.15, -0.1) is 0 Å². The quantitative estimate of drug-likeness (QED) is 0.236. The van der Waals surface area contributed by atoms with E-state index in [9.17, 15) is 9.90 Å². The van der Waals surface area contributed by atoms with E-state index in [1.54, 1.807) is 0 Å². The maximum Gasteiger partial charge on any atom is 0.408 e. The summed E-state index contributed by atoms with van der Waals surface area (Å²) >= 11 is 0. The first-order chi connectivity index (χ1) is 12.9. The summed E-state index contributed by atoms with van der Waals surface area (Å²) in [6, 6.07) is -0.378. The lowest BCUT2D eigenvalue weighted by molar-refractivity contribution is 0.0498. The van der Waals surface area contributed by atoms with E-state index in [2.05, 4.69) is 18.3 Å². The number of hydrogen-bond acceptors (Lipinski definition) is 3. The number of aliphatic hydroxyl groups is 1. The van der Waals surface area contributed by atoms with E-state index in [1.165, 1.54) is 70.6 Å². The van der Waals surface area contributed by atoms with Gasteiger partial charge in [-0.1, -0.05) is 89.7 Å². The van der Waals surface area contributed by atoms with E-state index in [1.807, 2.05) is 26.8 Å². The molecule has 0 aliphatic heterocycles. The minimum absolute atomic E-state index is 0.117. The smallest absolute Gasteiger partial charge is 0.408 e. The summed E-state index contributed by atoms with van der Waals surface area (Å²) in [5, 5.41) is 12.0. The van der Waals surface area contributed by atoms with E-state index in [4.69, 9.17) is 4.74 Å². The molecular weight excluding hydrogens is 338 g/mol. The number of alkyl carbamates (subject to hydrolysis) is 1. The Labute approximate surface area is 168 Å². The molecule has 1 atom stereocenters. The van der Waals surface area contributed by atoms with Gasteiger partial charge in [-0.05, 0) is 33.6 Å². The van der Waals surface area contributed by atoms with Crippen LogP contribution >= 0.6 is 0 Å². The average molecular weight is 384 g/mol. The molecule has 0 heterocycles. The van der Waals surface area contributed by atoms with Gasteiger partial charge in [0.05, 0.1) is 12.6 Å². The standard InChI is InChI=1S/C23H45NO3/c1-5-6-7-8-9-10-11-12-13-14-15-16-17-18-19-21(20-25)24-22(26)27-23(2,3)4/h18-19,21,25H,5-17,20H2,1-4H3,(H,24,26)/t21-/m1/s1. The van der Waals surface area contributed by atoms with Crippen LogP contribution in [-0.2, 0) is 4.74 Å². The van der Waals surface area contributed by atoms with Crippen molar-refractivity contribution in [1.82, 2.24) is 5.32 Å². The number of nitrogens with one attached hydrogen (secondary N) is 1. The number of allylic oxidation sites excluding steroid dienone is 1. The maximum atomic E-state index is 11.7. The van der Waals surface area contributed by atoms with Crippen molar-refractivity contribution in [1.29, 1.82) is 0 Å². The third-order valence-electron chi connectivity index (χ3n) is 4.49. The molecule has 4 heteroatoms. The van der Waals surface area contributed by atoms with Crippen LogP contribution in [0.4, 0.5) is 4.79 Å². The fourth-order valence-electron chi connectivity index (χ4n) is 2.98. The SMILES string of the molecule is CCCCCCCCCCCCCCC=C[C@H](CO)NC(=O)OC(C)(C)C. The number of carbonyl (C=O) groups excluding carboxylic acids is 1. The normalized spacial score (nSPS) is 13.1. The highest BCUT2D eigenvalue weighted by atomic mass is 16.6. The Hall–Kier alpha value is -1.03. The molecule has 0 fully saturated rings. The van der Waals surface area contributed by atoms with Crippen molar-refractivity contribution in [2.75, 3.05) is 6.61 Å². The first-order valence-corrected chi connectivity index (χ1v) is 11.2.